The number of nitrogens with one attached hydrogen (secondary N) is 4. The maximum atomic E-state index is 15.2. The second-order valence-corrected chi connectivity index (χ2v) is 28.0. The van der Waals surface area contributed by atoms with Crippen molar-refractivity contribution >= 4 is 88.2 Å². The van der Waals surface area contributed by atoms with Crippen molar-refractivity contribution in [1.29, 1.82) is 0 Å². The van der Waals surface area contributed by atoms with Crippen molar-refractivity contribution in [2.75, 3.05) is 61.9 Å². The summed E-state index contributed by atoms with van der Waals surface area (Å²) in [6.45, 7) is 15.0. The topological polar surface area (TPSA) is 259 Å². The third kappa shape index (κ3) is 19.8. The van der Waals surface area contributed by atoms with E-state index in [1.54, 1.807) is 52.0 Å². The molecule has 4 N–H and O–H groups in total. The Balaban J connectivity index is 1.60. The van der Waals surface area contributed by atoms with Crippen molar-refractivity contribution in [3.05, 3.63) is 69.2 Å². The van der Waals surface area contributed by atoms with Crippen LogP contribution in [0.3, 0.4) is 0 Å². The van der Waals surface area contributed by atoms with E-state index in [1.165, 1.54) is 68.0 Å². The highest BCUT2D eigenvalue weighted by Gasteiger charge is 2.49. The Morgan fingerprint density at radius 3 is 1.72 bits per heavy atom. The van der Waals surface area contributed by atoms with E-state index < -0.39 is 161 Å². The number of likely N-dealkylation sites (N-methyl/N-ethyl adjacent to an activating group) is 6. The molecule has 1 saturated carbocycles. The molecule has 9 atom stereocenters. The van der Waals surface area contributed by atoms with Crippen LogP contribution in [-0.4, -0.2) is 215 Å². The first-order valence-corrected chi connectivity index (χ1v) is 33.3. The number of amides is 11. The molecule has 3 aliphatic rings. The molecule has 1 aliphatic carbocycles. The lowest BCUT2D eigenvalue weighted by molar-refractivity contribution is -0.157. The highest BCUT2D eigenvalue weighted by molar-refractivity contribution is 6.31. The minimum absolute atomic E-state index is 0.0523. The SMILES string of the molecule is CC[C@H](C)[C@@H]1NC(=O)[C@H](C(C)C)N(C)C(=O)C[C@@H](C)NC(=O)[C@H](CC(C)C)N(C)C(=O)C2(CCCC2)NC(=O)[C@@H](CC(C)C)N(C)C(=O)[C@H](CCc2ccc(C(F)(F)F)c(Cl)c2)NC(=O)CN(C)C(=O)[C@H](Cc2ccc(Cl)cc2)N(C)C(=O)[C@@H]2CCN2C(=O)CN(C)C1=O. The highest BCUT2D eigenvalue weighted by atomic mass is 35.5. The molecule has 2 aliphatic heterocycles. The maximum Gasteiger partial charge on any atom is 0.417 e. The lowest BCUT2D eigenvalue weighted by atomic mass is 9.91. The van der Waals surface area contributed by atoms with Gasteiger partial charge in [0.2, 0.25) is 65.0 Å². The minimum atomic E-state index is -4.77. The second-order valence-electron chi connectivity index (χ2n) is 27.2. The van der Waals surface area contributed by atoms with Gasteiger partial charge in [0, 0.05) is 72.7 Å². The zero-order valence-electron chi connectivity index (χ0n) is 57.1. The number of alkyl halides is 3. The number of hydrogen-bond acceptors (Lipinski definition) is 11. The number of carbonyl (C=O) groups excluding carboxylic acids is 11. The van der Waals surface area contributed by atoms with Gasteiger partial charge < -0.3 is 55.6 Å². The van der Waals surface area contributed by atoms with Crippen LogP contribution in [0.4, 0.5) is 13.2 Å². The fourth-order valence-corrected chi connectivity index (χ4v) is 13.1. The maximum absolute atomic E-state index is 15.2. The van der Waals surface area contributed by atoms with Gasteiger partial charge in [0.05, 0.1) is 23.7 Å². The summed E-state index contributed by atoms with van der Waals surface area (Å²) >= 11 is 12.4. The third-order valence-electron chi connectivity index (χ3n) is 18.5. The van der Waals surface area contributed by atoms with E-state index in [0.29, 0.717) is 29.8 Å². The van der Waals surface area contributed by atoms with Crippen molar-refractivity contribution in [3.8, 4) is 0 Å². The van der Waals surface area contributed by atoms with Crippen LogP contribution in [0.1, 0.15) is 143 Å². The fraction of sp³-hybridized carbons (Fsp3) is 0.657. The average molecular weight is 1360 g/mol. The van der Waals surface area contributed by atoms with E-state index >= 15 is 14.4 Å². The Morgan fingerprint density at radius 1 is 0.628 bits per heavy atom. The Hall–Kier alpha value is -7.02. The molecule has 5 rings (SSSR count). The Labute approximate surface area is 561 Å². The number of halogens is 5. The smallest absolute Gasteiger partial charge is 0.351 e. The molecule has 27 heteroatoms. The van der Waals surface area contributed by atoms with Gasteiger partial charge in [0.15, 0.2) is 0 Å². The monoisotopic (exact) mass is 1360 g/mol. The lowest BCUT2D eigenvalue weighted by Crippen LogP contribution is -2.64. The summed E-state index contributed by atoms with van der Waals surface area (Å²) in [7, 11) is 8.40. The summed E-state index contributed by atoms with van der Waals surface area (Å²) in [4.78, 5) is 170. The molecule has 2 heterocycles. The Bertz CT molecular complexity index is 3070. The molecule has 2 aromatic carbocycles. The van der Waals surface area contributed by atoms with Crippen LogP contribution in [0.5, 0.6) is 0 Å². The molecular formula is C67H98Cl2F3N11O11. The summed E-state index contributed by atoms with van der Waals surface area (Å²) in [5.41, 5.74) is -1.79. The van der Waals surface area contributed by atoms with Crippen molar-refractivity contribution in [2.45, 2.75) is 199 Å². The lowest BCUT2D eigenvalue weighted by Gasteiger charge is -2.43. The first-order valence-electron chi connectivity index (χ1n) is 32.5. The van der Waals surface area contributed by atoms with E-state index in [4.69, 9.17) is 23.2 Å². The van der Waals surface area contributed by atoms with Crippen LogP contribution >= 0.6 is 23.2 Å². The third-order valence-corrected chi connectivity index (χ3v) is 19.0. The molecule has 11 amide bonds. The van der Waals surface area contributed by atoms with Crippen LogP contribution in [0, 0.1) is 23.7 Å². The van der Waals surface area contributed by atoms with Crippen molar-refractivity contribution in [3.63, 3.8) is 0 Å². The number of rotatable bonds is 12. The standard InChI is InChI=1S/C67H98Cl2F3N11O11/c1-16-41(8)56-64(93)78(11)37-55(86)83-30-27-49(83)63(92)80(13)52(35-44-19-23-45(68)24-20-44)62(91)77(10)36-53(84)74-48(26-22-43-21-25-46(47(69)34-43)67(70,71)72)61(90)79(12)51(32-39(4)5)59(88)76-66(28-17-18-29-66)65(94)81(14)50(31-38(2)3)58(87)73-42(9)33-54(85)82(15)57(40(6)7)60(89)75-56/h19-21,23-25,34,38-42,48-52,56-57H,16-18,22,26-33,35-37H2,1-15H3,(H,73,87)(H,74,84)(H,75,89)(H,76,88)/t41-,42+,48-,49-,50-,51+,52-,56-,57-/m0/s1. The summed E-state index contributed by atoms with van der Waals surface area (Å²) in [6.07, 6.45) is -3.24. The summed E-state index contributed by atoms with van der Waals surface area (Å²) in [5, 5.41) is 11.3. The van der Waals surface area contributed by atoms with Gasteiger partial charge in [0.25, 0.3) is 0 Å². The predicted octanol–water partition coefficient (Wildman–Crippen LogP) is 6.11. The molecule has 0 aromatic heterocycles. The van der Waals surface area contributed by atoms with Gasteiger partial charge in [-0.3, -0.25) is 52.7 Å². The number of aryl methyl sites for hydroxylation is 1. The number of hydrogen-bond donors (Lipinski definition) is 4. The molecule has 1 spiro atoms. The van der Waals surface area contributed by atoms with Crippen LogP contribution in [0.2, 0.25) is 10.0 Å². The molecule has 94 heavy (non-hydrogen) atoms. The zero-order chi connectivity index (χ0) is 70.6. The van der Waals surface area contributed by atoms with Gasteiger partial charge in [-0.25, -0.2) is 0 Å². The van der Waals surface area contributed by atoms with E-state index in [9.17, 15) is 51.5 Å². The van der Waals surface area contributed by atoms with E-state index in [2.05, 4.69) is 21.3 Å². The minimum Gasteiger partial charge on any atom is -0.351 e. The number of carbonyl (C=O) groups is 11. The van der Waals surface area contributed by atoms with E-state index in [1.807, 2.05) is 34.6 Å². The molecule has 0 unspecified atom stereocenters. The van der Waals surface area contributed by atoms with E-state index in [-0.39, 0.29) is 81.7 Å². The van der Waals surface area contributed by atoms with Gasteiger partial charge >= 0.3 is 6.18 Å². The summed E-state index contributed by atoms with van der Waals surface area (Å²) < 4.78 is 41.5. The molecule has 3 fully saturated rings. The Kier molecular flexibility index (Phi) is 27.8. The van der Waals surface area contributed by atoms with Crippen molar-refractivity contribution in [2.24, 2.45) is 23.7 Å². The molecule has 0 radical (unpaired) electrons. The zero-order valence-corrected chi connectivity index (χ0v) is 58.6. The van der Waals surface area contributed by atoms with E-state index in [0.717, 1.165) is 26.8 Å². The molecule has 2 aromatic rings. The fourth-order valence-electron chi connectivity index (χ4n) is 12.6. The van der Waals surface area contributed by atoms with Gasteiger partial charge in [-0.1, -0.05) is 116 Å². The second kappa shape index (κ2) is 33.6. The summed E-state index contributed by atoms with van der Waals surface area (Å²) in [5.74, 6) is -8.54. The van der Waals surface area contributed by atoms with Gasteiger partial charge in [-0.05, 0) is 111 Å². The predicted molar refractivity (Wildman–Crippen MR) is 350 cm³/mol. The Morgan fingerprint density at radius 2 is 1.19 bits per heavy atom. The van der Waals surface area contributed by atoms with Crippen molar-refractivity contribution < 1.29 is 65.9 Å². The molecule has 0 bridgehead atoms. The quantitative estimate of drug-likeness (QED) is 0.188. The first-order chi connectivity index (χ1) is 43.8. The molecule has 22 nitrogen and oxygen atoms in total. The first kappa shape index (κ1) is 77.7. The van der Waals surface area contributed by atoms with Crippen LogP contribution in [0.15, 0.2) is 42.5 Å². The number of fused-ring (bicyclic) bond motifs is 1. The number of benzene rings is 2. The van der Waals surface area contributed by atoms with Crippen LogP contribution < -0.4 is 21.3 Å². The molecular weight excluding hydrogens is 1260 g/mol. The summed E-state index contributed by atoms with van der Waals surface area (Å²) in [6, 6.07) is 0.286. The normalized spacial score (nSPS) is 25.2. The van der Waals surface area contributed by atoms with Gasteiger partial charge in [-0.2, -0.15) is 13.2 Å². The largest absolute Gasteiger partial charge is 0.417 e. The van der Waals surface area contributed by atoms with Gasteiger partial charge in [-0.15, -0.1) is 0 Å². The highest BCUT2D eigenvalue weighted by Crippen LogP contribution is 2.36. The average Bonchev–Trinajstić information content (AvgIpc) is 1.23. The van der Waals surface area contributed by atoms with Crippen molar-refractivity contribution in [1.82, 2.24) is 55.6 Å². The van der Waals surface area contributed by atoms with Gasteiger partial charge in [0.1, 0.15) is 47.8 Å². The van der Waals surface area contributed by atoms with Crippen LogP contribution in [0.25, 0.3) is 0 Å². The number of nitrogens with zero attached hydrogens (tertiary/aromatic N) is 7. The van der Waals surface area contributed by atoms with Crippen LogP contribution in [-0.2, 0) is 71.8 Å². The molecule has 522 valence electrons. The molecule has 2 saturated heterocycles.